The van der Waals surface area contributed by atoms with Gasteiger partial charge in [-0.25, -0.2) is 4.98 Å². The van der Waals surface area contributed by atoms with E-state index in [1.165, 1.54) is 0 Å². The molecule has 1 fully saturated rings. The van der Waals surface area contributed by atoms with Crippen LogP contribution in [-0.4, -0.2) is 38.0 Å². The summed E-state index contributed by atoms with van der Waals surface area (Å²) < 4.78 is 8.33. The van der Waals surface area contributed by atoms with Gasteiger partial charge in [-0.3, -0.25) is 4.68 Å². The smallest absolute Gasteiger partial charge is 0.324 e. The second-order valence-electron chi connectivity index (χ2n) is 6.46. The quantitative estimate of drug-likeness (QED) is 0.636. The fraction of sp³-hybridized carbons (Fsp3) is 0.500. The third-order valence-electron chi connectivity index (χ3n) is 4.48. The average Bonchev–Trinajstić information content (AvgIpc) is 3.22. The number of rotatable bonds is 3. The summed E-state index contributed by atoms with van der Waals surface area (Å²) in [6.45, 7) is 5.90. The minimum Gasteiger partial charge on any atom is -0.324 e. The van der Waals surface area contributed by atoms with Crippen molar-refractivity contribution in [3.8, 4) is 0 Å². The molecule has 0 aliphatic carbocycles. The lowest BCUT2D eigenvalue weighted by atomic mass is 10.1. The first kappa shape index (κ1) is 15.6. The van der Waals surface area contributed by atoms with E-state index in [1.54, 1.807) is 0 Å². The molecular formula is C16H19BrN6O. The van der Waals surface area contributed by atoms with Crippen molar-refractivity contribution >= 4 is 32.8 Å². The monoisotopic (exact) mass is 390 g/mol. The number of pyridine rings is 1. The van der Waals surface area contributed by atoms with Gasteiger partial charge in [0.2, 0.25) is 0 Å². The molecule has 1 aliphatic rings. The zero-order chi connectivity index (χ0) is 16.7. The zero-order valence-electron chi connectivity index (χ0n) is 13.7. The van der Waals surface area contributed by atoms with Gasteiger partial charge in [-0.05, 0) is 34.8 Å². The van der Waals surface area contributed by atoms with E-state index in [9.17, 15) is 0 Å². The predicted molar refractivity (Wildman–Crippen MR) is 94.1 cm³/mol. The molecule has 0 bridgehead atoms. The Labute approximate surface area is 148 Å². The molecule has 4 heterocycles. The molecule has 0 aromatic carbocycles. The summed E-state index contributed by atoms with van der Waals surface area (Å²) >= 11 is 3.41. The molecule has 1 saturated heterocycles. The molecule has 0 unspecified atom stereocenters. The Morgan fingerprint density at radius 2 is 2.04 bits per heavy atom. The van der Waals surface area contributed by atoms with Crippen LogP contribution in [0.4, 0.5) is 6.01 Å². The van der Waals surface area contributed by atoms with Crippen molar-refractivity contribution in [1.82, 2.24) is 24.9 Å². The van der Waals surface area contributed by atoms with Crippen LogP contribution < -0.4 is 4.90 Å². The van der Waals surface area contributed by atoms with Crippen molar-refractivity contribution in [3.05, 3.63) is 28.9 Å². The van der Waals surface area contributed by atoms with Gasteiger partial charge in [0.05, 0.1) is 24.0 Å². The Balaban J connectivity index is 1.49. The Kier molecular flexibility index (Phi) is 3.99. The van der Waals surface area contributed by atoms with E-state index < -0.39 is 0 Å². The van der Waals surface area contributed by atoms with Crippen LogP contribution in [0.1, 0.15) is 44.5 Å². The van der Waals surface area contributed by atoms with Gasteiger partial charge in [0.25, 0.3) is 0 Å². The molecule has 0 amide bonds. The summed E-state index contributed by atoms with van der Waals surface area (Å²) in [7, 11) is 0. The number of hydrogen-bond acceptors (Lipinski definition) is 6. The van der Waals surface area contributed by atoms with E-state index in [2.05, 4.69) is 59.6 Å². The Morgan fingerprint density at radius 3 is 2.75 bits per heavy atom. The Hall–Kier alpha value is -1.96. The van der Waals surface area contributed by atoms with E-state index in [0.717, 1.165) is 47.3 Å². The molecule has 3 aromatic heterocycles. The first-order chi connectivity index (χ1) is 11.6. The molecule has 3 aromatic rings. The van der Waals surface area contributed by atoms with Crippen LogP contribution in [-0.2, 0) is 0 Å². The van der Waals surface area contributed by atoms with Crippen LogP contribution in [0.15, 0.2) is 27.6 Å². The molecular weight excluding hydrogens is 372 g/mol. The summed E-state index contributed by atoms with van der Waals surface area (Å²) in [4.78, 5) is 11.0. The van der Waals surface area contributed by atoms with Gasteiger partial charge in [-0.15, -0.1) is 0 Å². The van der Waals surface area contributed by atoms with Gasteiger partial charge in [-0.2, -0.15) is 10.1 Å². The average molecular weight is 391 g/mol. The van der Waals surface area contributed by atoms with Crippen molar-refractivity contribution in [3.63, 3.8) is 0 Å². The Morgan fingerprint density at radius 1 is 1.25 bits per heavy atom. The fourth-order valence-electron chi connectivity index (χ4n) is 3.10. The molecule has 0 spiro atoms. The van der Waals surface area contributed by atoms with Crippen molar-refractivity contribution in [2.45, 2.75) is 38.6 Å². The molecule has 126 valence electrons. The molecule has 0 radical (unpaired) electrons. The topological polar surface area (TPSA) is 72.9 Å². The molecule has 1 aliphatic heterocycles. The van der Waals surface area contributed by atoms with Gasteiger partial charge < -0.3 is 9.42 Å². The van der Waals surface area contributed by atoms with Crippen LogP contribution in [0.25, 0.3) is 10.9 Å². The molecule has 7 nitrogen and oxygen atoms in total. The molecule has 4 rings (SSSR count). The summed E-state index contributed by atoms with van der Waals surface area (Å²) in [5.41, 5.74) is 1.08. The largest absolute Gasteiger partial charge is 0.324 e. The maximum absolute atomic E-state index is 5.40. The van der Waals surface area contributed by atoms with Crippen LogP contribution in [0.3, 0.4) is 0 Å². The lowest BCUT2D eigenvalue weighted by Gasteiger charge is -2.30. The van der Waals surface area contributed by atoms with Gasteiger partial charge in [0.15, 0.2) is 5.82 Å². The van der Waals surface area contributed by atoms with E-state index in [1.807, 2.05) is 18.5 Å². The molecule has 0 N–H and O–H groups in total. The third-order valence-corrected chi connectivity index (χ3v) is 4.91. The second-order valence-corrected chi connectivity index (χ2v) is 7.28. The highest BCUT2D eigenvalue weighted by Crippen LogP contribution is 2.29. The number of aromatic nitrogens is 5. The normalized spacial score (nSPS) is 16.4. The predicted octanol–water partition coefficient (Wildman–Crippen LogP) is 3.54. The summed E-state index contributed by atoms with van der Waals surface area (Å²) in [6, 6.07) is 3.00. The standard InChI is InChI=1S/C16H19BrN6O/c1-10(2)15-20-16(24-21-15)22-5-3-12(4-6-22)23-13-9-18-14(17)7-11(13)8-19-23/h7-10,12H,3-6H2,1-2H3. The number of piperidine rings is 1. The lowest BCUT2D eigenvalue weighted by molar-refractivity contribution is 0.347. The van der Waals surface area contributed by atoms with Crippen molar-refractivity contribution < 1.29 is 4.52 Å². The van der Waals surface area contributed by atoms with Gasteiger partial charge in [0.1, 0.15) is 4.60 Å². The minimum atomic E-state index is 0.280. The van der Waals surface area contributed by atoms with Crippen LogP contribution in [0.2, 0.25) is 0 Å². The SMILES string of the molecule is CC(C)c1noc(N2CCC(n3ncc4cc(Br)ncc43)CC2)n1. The maximum atomic E-state index is 5.40. The highest BCUT2D eigenvalue weighted by molar-refractivity contribution is 9.10. The summed E-state index contributed by atoms with van der Waals surface area (Å²) in [5, 5.41) is 9.73. The van der Waals surface area contributed by atoms with Crippen molar-refractivity contribution in [2.24, 2.45) is 0 Å². The van der Waals surface area contributed by atoms with Gasteiger partial charge in [-0.1, -0.05) is 19.0 Å². The fourth-order valence-corrected chi connectivity index (χ4v) is 3.45. The van der Waals surface area contributed by atoms with Crippen molar-refractivity contribution in [1.29, 1.82) is 0 Å². The first-order valence-electron chi connectivity index (χ1n) is 8.19. The van der Waals surface area contributed by atoms with Gasteiger partial charge >= 0.3 is 6.01 Å². The molecule has 0 atom stereocenters. The number of nitrogens with zero attached hydrogens (tertiary/aromatic N) is 6. The zero-order valence-corrected chi connectivity index (χ0v) is 15.3. The second kappa shape index (κ2) is 6.16. The van der Waals surface area contributed by atoms with Crippen LogP contribution in [0, 0.1) is 0 Å². The highest BCUT2D eigenvalue weighted by Gasteiger charge is 2.25. The van der Waals surface area contributed by atoms with E-state index in [0.29, 0.717) is 12.1 Å². The van der Waals surface area contributed by atoms with Crippen LogP contribution >= 0.6 is 15.9 Å². The minimum absolute atomic E-state index is 0.280. The number of anilines is 1. The van der Waals surface area contributed by atoms with Crippen molar-refractivity contribution in [2.75, 3.05) is 18.0 Å². The Bertz CT molecular complexity index is 849. The number of halogens is 1. The maximum Gasteiger partial charge on any atom is 0.324 e. The molecule has 8 heteroatoms. The van der Waals surface area contributed by atoms with E-state index >= 15 is 0 Å². The summed E-state index contributed by atoms with van der Waals surface area (Å²) in [5.74, 6) is 1.05. The first-order valence-corrected chi connectivity index (χ1v) is 8.98. The highest BCUT2D eigenvalue weighted by atomic mass is 79.9. The molecule has 0 saturated carbocycles. The van der Waals surface area contributed by atoms with E-state index in [-0.39, 0.29) is 5.92 Å². The molecule has 24 heavy (non-hydrogen) atoms. The third kappa shape index (κ3) is 2.79. The van der Waals surface area contributed by atoms with Gasteiger partial charge in [0, 0.05) is 24.4 Å². The number of fused-ring (bicyclic) bond motifs is 1. The summed E-state index contributed by atoms with van der Waals surface area (Å²) in [6.07, 6.45) is 5.77. The van der Waals surface area contributed by atoms with E-state index in [4.69, 9.17) is 4.52 Å². The van der Waals surface area contributed by atoms with Crippen LogP contribution in [0.5, 0.6) is 0 Å². The lowest BCUT2D eigenvalue weighted by Crippen LogP contribution is -2.35. The number of hydrogen-bond donors (Lipinski definition) is 0.